The Morgan fingerprint density at radius 2 is 1.94 bits per heavy atom. The van der Waals surface area contributed by atoms with Crippen LogP contribution in [-0.4, -0.2) is 20.9 Å². The van der Waals surface area contributed by atoms with Crippen LogP contribution in [0.15, 0.2) is 54.9 Å². The maximum Gasteiger partial charge on any atom is 0.251 e. The highest BCUT2D eigenvalue weighted by Crippen LogP contribution is 2.18. The second-order valence-corrected chi connectivity index (χ2v) is 7.50. The number of pyridine rings is 3. The van der Waals surface area contributed by atoms with Gasteiger partial charge in [0.25, 0.3) is 5.91 Å². The van der Waals surface area contributed by atoms with Gasteiger partial charge in [0.05, 0.1) is 5.52 Å². The molecule has 0 fully saturated rings. The van der Waals surface area contributed by atoms with Crippen molar-refractivity contribution >= 4 is 22.6 Å². The van der Waals surface area contributed by atoms with E-state index in [4.69, 9.17) is 5.73 Å². The lowest BCUT2D eigenvalue weighted by molar-refractivity contribution is 0.0950. The Bertz CT molecular complexity index is 1270. The Hall–Kier alpha value is -3.87. The van der Waals surface area contributed by atoms with Crippen molar-refractivity contribution < 1.29 is 9.18 Å². The first-order valence-corrected chi connectivity index (χ1v) is 9.89. The number of nitrogen functional groups attached to an aromatic ring is 1. The molecule has 4 rings (SSSR count). The van der Waals surface area contributed by atoms with E-state index < -0.39 is 0 Å². The van der Waals surface area contributed by atoms with Crippen LogP contribution in [0.1, 0.15) is 38.4 Å². The van der Waals surface area contributed by atoms with Crippen molar-refractivity contribution in [3.05, 3.63) is 94.3 Å². The number of fused-ring (bicyclic) bond motifs is 1. The van der Waals surface area contributed by atoms with Crippen LogP contribution in [0.5, 0.6) is 0 Å². The number of hydrogen-bond donors (Lipinski definition) is 2. The number of benzene rings is 1. The third-order valence-corrected chi connectivity index (χ3v) is 5.16. The molecule has 6 nitrogen and oxygen atoms in total. The zero-order valence-electron chi connectivity index (χ0n) is 17.3. The zero-order valence-corrected chi connectivity index (χ0v) is 17.3. The summed E-state index contributed by atoms with van der Waals surface area (Å²) in [5.74, 6) is -0.0298. The first kappa shape index (κ1) is 20.4. The lowest BCUT2D eigenvalue weighted by Crippen LogP contribution is -2.24. The van der Waals surface area contributed by atoms with Crippen molar-refractivity contribution in [2.45, 2.75) is 26.8 Å². The Morgan fingerprint density at radius 1 is 1.10 bits per heavy atom. The van der Waals surface area contributed by atoms with Gasteiger partial charge in [-0.1, -0.05) is 0 Å². The number of carbonyl (C=O) groups is 1. The summed E-state index contributed by atoms with van der Waals surface area (Å²) >= 11 is 0. The number of rotatable bonds is 5. The minimum atomic E-state index is -0.301. The zero-order chi connectivity index (χ0) is 22.0. The smallest absolute Gasteiger partial charge is 0.251 e. The van der Waals surface area contributed by atoms with Gasteiger partial charge in [0.2, 0.25) is 0 Å². The summed E-state index contributed by atoms with van der Waals surface area (Å²) in [5.41, 5.74) is 11.4. The van der Waals surface area contributed by atoms with Gasteiger partial charge in [0.1, 0.15) is 11.6 Å². The molecule has 0 aliphatic rings. The van der Waals surface area contributed by atoms with Gasteiger partial charge in [-0.3, -0.25) is 14.8 Å². The van der Waals surface area contributed by atoms with Gasteiger partial charge in [0, 0.05) is 47.7 Å². The number of aryl methyl sites for hydroxylation is 2. The predicted octanol–water partition coefficient (Wildman–Crippen LogP) is 3.88. The van der Waals surface area contributed by atoms with Crippen molar-refractivity contribution in [1.29, 1.82) is 0 Å². The largest absolute Gasteiger partial charge is 0.384 e. The monoisotopic (exact) mass is 415 g/mol. The fraction of sp³-hybridized carbons (Fsp3) is 0.167. The number of nitrogens with one attached hydrogen (secondary N) is 1. The molecule has 156 valence electrons. The van der Waals surface area contributed by atoms with Crippen molar-refractivity contribution in [3.8, 4) is 0 Å². The second kappa shape index (κ2) is 8.47. The van der Waals surface area contributed by atoms with Gasteiger partial charge < -0.3 is 11.1 Å². The molecule has 1 aromatic carbocycles. The second-order valence-electron chi connectivity index (χ2n) is 7.50. The average molecular weight is 415 g/mol. The first-order valence-electron chi connectivity index (χ1n) is 9.89. The highest BCUT2D eigenvalue weighted by molar-refractivity contribution is 5.94. The lowest BCUT2D eigenvalue weighted by Gasteiger charge is -2.12. The highest BCUT2D eigenvalue weighted by Gasteiger charge is 2.11. The Balaban J connectivity index is 1.48. The fourth-order valence-electron chi connectivity index (χ4n) is 3.60. The van der Waals surface area contributed by atoms with Crippen LogP contribution in [0, 0.1) is 19.7 Å². The fourth-order valence-corrected chi connectivity index (χ4v) is 3.60. The van der Waals surface area contributed by atoms with Gasteiger partial charge >= 0.3 is 0 Å². The topological polar surface area (TPSA) is 93.8 Å². The van der Waals surface area contributed by atoms with Crippen LogP contribution in [0.4, 0.5) is 10.2 Å². The van der Waals surface area contributed by atoms with Crippen molar-refractivity contribution in [1.82, 2.24) is 20.3 Å². The van der Waals surface area contributed by atoms with Gasteiger partial charge in [-0.05, 0) is 73.0 Å². The van der Waals surface area contributed by atoms with E-state index in [0.717, 1.165) is 39.0 Å². The number of nitrogens with zero attached hydrogens (tertiary/aromatic N) is 3. The summed E-state index contributed by atoms with van der Waals surface area (Å²) < 4.78 is 13.5. The molecule has 4 aromatic rings. The molecule has 0 atom stereocenters. The molecule has 0 unspecified atom stereocenters. The van der Waals surface area contributed by atoms with E-state index in [2.05, 4.69) is 20.3 Å². The molecule has 0 saturated heterocycles. The number of anilines is 1. The van der Waals surface area contributed by atoms with Crippen LogP contribution >= 0.6 is 0 Å². The number of aromatic nitrogens is 3. The molecule has 0 aliphatic heterocycles. The predicted molar refractivity (Wildman–Crippen MR) is 118 cm³/mol. The van der Waals surface area contributed by atoms with Gasteiger partial charge in [-0.25, -0.2) is 9.37 Å². The summed E-state index contributed by atoms with van der Waals surface area (Å²) in [7, 11) is 0. The molecule has 0 aliphatic carbocycles. The molecule has 0 radical (unpaired) electrons. The molecule has 3 aromatic heterocycles. The third-order valence-electron chi connectivity index (χ3n) is 5.16. The van der Waals surface area contributed by atoms with Crippen LogP contribution in [0.3, 0.4) is 0 Å². The maximum atomic E-state index is 13.5. The van der Waals surface area contributed by atoms with Crippen LogP contribution in [-0.2, 0) is 13.0 Å². The first-order chi connectivity index (χ1) is 14.9. The van der Waals surface area contributed by atoms with E-state index in [1.165, 1.54) is 12.1 Å². The summed E-state index contributed by atoms with van der Waals surface area (Å²) in [4.78, 5) is 25.7. The number of nitrogens with two attached hydrogens (primary N) is 1. The lowest BCUT2D eigenvalue weighted by atomic mass is 10.1. The summed E-state index contributed by atoms with van der Waals surface area (Å²) in [6.45, 7) is 4.18. The summed E-state index contributed by atoms with van der Waals surface area (Å²) in [5, 5.41) is 3.67. The third kappa shape index (κ3) is 4.66. The number of carbonyl (C=O) groups excluding carboxylic acids is 1. The molecule has 3 N–H and O–H groups in total. The van der Waals surface area contributed by atoms with E-state index in [-0.39, 0.29) is 11.7 Å². The molecular formula is C24H22FN5O. The van der Waals surface area contributed by atoms with E-state index in [0.29, 0.717) is 24.3 Å². The standard InChI is InChI=1S/C24H22FN5O/c1-14-7-23(26)30-15(2)21(14)13-29-24(31)17-5-6-27-20(11-17)9-16-8-18-10-19(25)3-4-22(18)28-12-16/h3-8,10-12H,9,13H2,1-2H3,(H2,26,30)(H,29,31). The van der Waals surface area contributed by atoms with E-state index in [1.54, 1.807) is 36.7 Å². The Morgan fingerprint density at radius 3 is 2.74 bits per heavy atom. The molecule has 31 heavy (non-hydrogen) atoms. The molecule has 0 saturated carbocycles. The molecule has 0 bridgehead atoms. The quantitative estimate of drug-likeness (QED) is 0.516. The van der Waals surface area contributed by atoms with Crippen molar-refractivity contribution in [2.75, 3.05) is 5.73 Å². The highest BCUT2D eigenvalue weighted by atomic mass is 19.1. The van der Waals surface area contributed by atoms with Gasteiger partial charge in [0.15, 0.2) is 0 Å². The molecule has 7 heteroatoms. The Kier molecular flexibility index (Phi) is 5.58. The minimum absolute atomic E-state index is 0.196. The SMILES string of the molecule is Cc1cc(N)nc(C)c1CNC(=O)c1ccnc(Cc2cnc3ccc(F)cc3c2)c1. The summed E-state index contributed by atoms with van der Waals surface area (Å²) in [6, 6.07) is 11.6. The van der Waals surface area contributed by atoms with Gasteiger partial charge in [-0.2, -0.15) is 0 Å². The van der Waals surface area contributed by atoms with E-state index in [9.17, 15) is 9.18 Å². The van der Waals surface area contributed by atoms with Crippen LogP contribution in [0.25, 0.3) is 10.9 Å². The Labute approximate surface area is 179 Å². The molecule has 0 spiro atoms. The average Bonchev–Trinajstić information content (AvgIpc) is 2.72. The van der Waals surface area contributed by atoms with Gasteiger partial charge in [-0.15, -0.1) is 0 Å². The van der Waals surface area contributed by atoms with Crippen LogP contribution in [0.2, 0.25) is 0 Å². The number of amides is 1. The normalized spacial score (nSPS) is 10.9. The summed E-state index contributed by atoms with van der Waals surface area (Å²) in [6.07, 6.45) is 3.84. The maximum absolute atomic E-state index is 13.5. The molecule has 1 amide bonds. The molecule has 3 heterocycles. The van der Waals surface area contributed by atoms with E-state index >= 15 is 0 Å². The van der Waals surface area contributed by atoms with Crippen molar-refractivity contribution in [3.63, 3.8) is 0 Å². The number of hydrogen-bond acceptors (Lipinski definition) is 5. The number of halogens is 1. The van der Waals surface area contributed by atoms with Crippen LogP contribution < -0.4 is 11.1 Å². The molecular weight excluding hydrogens is 393 g/mol. The van der Waals surface area contributed by atoms with E-state index in [1.807, 2.05) is 19.9 Å². The minimum Gasteiger partial charge on any atom is -0.384 e. The van der Waals surface area contributed by atoms with Crippen molar-refractivity contribution in [2.24, 2.45) is 0 Å².